The Morgan fingerprint density at radius 1 is 1.26 bits per heavy atom. The van der Waals surface area contributed by atoms with Crippen LogP contribution in [0.25, 0.3) is 6.08 Å². The second-order valence-corrected chi connectivity index (χ2v) is 4.50. The molecule has 1 aromatic rings. The molecule has 0 saturated heterocycles. The van der Waals surface area contributed by atoms with Crippen molar-refractivity contribution in [1.82, 2.24) is 0 Å². The van der Waals surface area contributed by atoms with Gasteiger partial charge < -0.3 is 5.11 Å². The summed E-state index contributed by atoms with van der Waals surface area (Å²) < 4.78 is 0. The van der Waals surface area contributed by atoms with Gasteiger partial charge in [-0.05, 0) is 25.3 Å². The molecule has 0 bridgehead atoms. The molecule has 1 N–H and O–H groups in total. The molecule has 106 valence electrons. The van der Waals surface area contributed by atoms with Crippen molar-refractivity contribution in [1.29, 1.82) is 0 Å². The van der Waals surface area contributed by atoms with Crippen LogP contribution in [0.3, 0.4) is 0 Å². The van der Waals surface area contributed by atoms with Crippen LogP contribution in [0, 0.1) is 5.92 Å². The lowest BCUT2D eigenvalue weighted by Crippen LogP contribution is -2.11. The van der Waals surface area contributed by atoms with Gasteiger partial charge in [-0.1, -0.05) is 69.2 Å². The van der Waals surface area contributed by atoms with E-state index in [0.29, 0.717) is 0 Å². The zero-order chi connectivity index (χ0) is 14.5. The van der Waals surface area contributed by atoms with E-state index >= 15 is 0 Å². The molecule has 1 atom stereocenters. The van der Waals surface area contributed by atoms with Crippen LogP contribution in [0.15, 0.2) is 36.4 Å². The van der Waals surface area contributed by atoms with Crippen molar-refractivity contribution in [3.8, 4) is 0 Å². The van der Waals surface area contributed by atoms with Crippen molar-refractivity contribution < 1.29 is 9.90 Å². The van der Waals surface area contributed by atoms with Gasteiger partial charge in [0.2, 0.25) is 0 Å². The number of rotatable bonds is 6. The summed E-state index contributed by atoms with van der Waals surface area (Å²) in [5.41, 5.74) is 1.26. The molecule has 0 spiro atoms. The molecular weight excluding hydrogens is 236 g/mol. The number of allylic oxidation sites excluding steroid dienone is 1. The average Bonchev–Trinajstić information content (AvgIpc) is 2.41. The van der Waals surface area contributed by atoms with E-state index in [-0.39, 0.29) is 5.92 Å². The first-order chi connectivity index (χ1) is 9.15. The molecule has 1 rings (SSSR count). The Kier molecular flexibility index (Phi) is 10.6. The number of carboxylic acid groups (broad SMARTS) is 1. The molecule has 0 aliphatic rings. The summed E-state index contributed by atoms with van der Waals surface area (Å²) in [5, 5.41) is 8.60. The highest BCUT2D eigenvalue weighted by atomic mass is 16.4. The maximum Gasteiger partial charge on any atom is 0.306 e. The smallest absolute Gasteiger partial charge is 0.306 e. The van der Waals surface area contributed by atoms with Gasteiger partial charge in [0.25, 0.3) is 0 Å². The molecule has 0 amide bonds. The van der Waals surface area contributed by atoms with Crippen molar-refractivity contribution in [3.63, 3.8) is 0 Å². The number of aliphatic carboxylic acids is 1. The third kappa shape index (κ3) is 9.06. The normalized spacial score (nSPS) is 11.7. The zero-order valence-corrected chi connectivity index (χ0v) is 12.3. The lowest BCUT2D eigenvalue weighted by molar-refractivity contribution is -0.142. The quantitative estimate of drug-likeness (QED) is 0.782. The monoisotopic (exact) mass is 262 g/mol. The van der Waals surface area contributed by atoms with E-state index in [9.17, 15) is 4.79 Å². The van der Waals surface area contributed by atoms with Gasteiger partial charge in [-0.3, -0.25) is 4.79 Å². The molecule has 19 heavy (non-hydrogen) atoms. The molecule has 0 saturated carbocycles. The average molecular weight is 262 g/mol. The van der Waals surface area contributed by atoms with E-state index in [0.717, 1.165) is 25.7 Å². The Morgan fingerprint density at radius 3 is 2.32 bits per heavy atom. The van der Waals surface area contributed by atoms with Crippen LogP contribution in [0.5, 0.6) is 0 Å². The van der Waals surface area contributed by atoms with E-state index in [2.05, 4.69) is 25.1 Å². The van der Waals surface area contributed by atoms with Crippen LogP contribution in [-0.2, 0) is 4.79 Å². The summed E-state index contributed by atoms with van der Waals surface area (Å²) in [7, 11) is 0. The van der Waals surface area contributed by atoms with Gasteiger partial charge in [-0.15, -0.1) is 0 Å². The Bertz CT molecular complexity index is 355. The van der Waals surface area contributed by atoms with E-state index in [4.69, 9.17) is 5.11 Å². The molecule has 0 heterocycles. The lowest BCUT2D eigenvalue weighted by atomic mass is 10.00. The van der Waals surface area contributed by atoms with Crippen LogP contribution >= 0.6 is 0 Å². The third-order valence-corrected chi connectivity index (χ3v) is 2.91. The minimum absolute atomic E-state index is 0.111. The van der Waals surface area contributed by atoms with Crippen LogP contribution < -0.4 is 0 Å². The Labute approximate surface area is 117 Å². The fraction of sp³-hybridized carbons (Fsp3) is 0.471. The predicted molar refractivity (Wildman–Crippen MR) is 82.1 cm³/mol. The van der Waals surface area contributed by atoms with Crippen LogP contribution in [-0.4, -0.2) is 11.1 Å². The number of carbonyl (C=O) groups is 1. The minimum Gasteiger partial charge on any atom is -0.481 e. The molecule has 0 aliphatic heterocycles. The summed E-state index contributed by atoms with van der Waals surface area (Å²) in [6.45, 7) is 6.02. The highest BCUT2D eigenvalue weighted by Gasteiger charge is 2.12. The number of carboxylic acids is 1. The van der Waals surface area contributed by atoms with Crippen molar-refractivity contribution in [3.05, 3.63) is 42.0 Å². The first-order valence-electron chi connectivity index (χ1n) is 7.06. The highest BCUT2D eigenvalue weighted by molar-refractivity contribution is 5.69. The van der Waals surface area contributed by atoms with Gasteiger partial charge in [-0.2, -0.15) is 0 Å². The van der Waals surface area contributed by atoms with Gasteiger partial charge in [0.15, 0.2) is 0 Å². The lowest BCUT2D eigenvalue weighted by Gasteiger charge is -2.06. The van der Waals surface area contributed by atoms with E-state index in [1.807, 2.05) is 38.1 Å². The molecule has 1 unspecified atom stereocenters. The largest absolute Gasteiger partial charge is 0.481 e. The standard InChI is InChI=1S/C9H10.C8H16O2/c1-2-6-9-7-4-3-5-8-9;1-3-5-6-7(4-2)8(9)10/h2-8H,1H3;7H,3-6H2,1-2H3,(H,9,10). The Balaban J connectivity index is 0.000000342. The molecule has 1 aromatic carbocycles. The maximum absolute atomic E-state index is 10.4. The van der Waals surface area contributed by atoms with Crippen LogP contribution in [0.1, 0.15) is 52.0 Å². The van der Waals surface area contributed by atoms with Gasteiger partial charge in [-0.25, -0.2) is 0 Å². The molecule has 2 heteroatoms. The fourth-order valence-electron chi connectivity index (χ4n) is 1.71. The molecule has 2 nitrogen and oxygen atoms in total. The van der Waals surface area contributed by atoms with Crippen LogP contribution in [0.4, 0.5) is 0 Å². The van der Waals surface area contributed by atoms with Crippen molar-refractivity contribution in [2.45, 2.75) is 46.5 Å². The van der Waals surface area contributed by atoms with Gasteiger partial charge in [0.05, 0.1) is 5.92 Å². The zero-order valence-electron chi connectivity index (χ0n) is 12.3. The first-order valence-corrected chi connectivity index (χ1v) is 7.06. The number of hydrogen-bond acceptors (Lipinski definition) is 1. The van der Waals surface area contributed by atoms with E-state index in [1.54, 1.807) is 0 Å². The predicted octanol–water partition coefficient (Wildman–Crippen LogP) is 5.01. The summed E-state index contributed by atoms with van der Waals surface area (Å²) in [4.78, 5) is 10.4. The van der Waals surface area contributed by atoms with Gasteiger partial charge in [0, 0.05) is 0 Å². The highest BCUT2D eigenvalue weighted by Crippen LogP contribution is 2.11. The first kappa shape index (κ1) is 17.4. The van der Waals surface area contributed by atoms with E-state index in [1.165, 1.54) is 5.56 Å². The van der Waals surface area contributed by atoms with Gasteiger partial charge in [0.1, 0.15) is 0 Å². The SMILES string of the molecule is CC=Cc1ccccc1.CCCCC(CC)C(=O)O. The number of benzene rings is 1. The summed E-state index contributed by atoms with van der Waals surface area (Å²) >= 11 is 0. The maximum atomic E-state index is 10.4. The van der Waals surface area contributed by atoms with Crippen LogP contribution in [0.2, 0.25) is 0 Å². The number of unbranched alkanes of at least 4 members (excludes halogenated alkanes) is 1. The third-order valence-electron chi connectivity index (χ3n) is 2.91. The molecular formula is C17H26O2. The summed E-state index contributed by atoms with van der Waals surface area (Å²) in [5.74, 6) is -0.754. The van der Waals surface area contributed by atoms with Crippen molar-refractivity contribution in [2.24, 2.45) is 5.92 Å². The van der Waals surface area contributed by atoms with E-state index < -0.39 is 5.97 Å². The van der Waals surface area contributed by atoms with Crippen molar-refractivity contribution >= 4 is 12.0 Å². The molecule has 0 fully saturated rings. The molecule has 0 aliphatic carbocycles. The summed E-state index contributed by atoms with van der Waals surface area (Å²) in [6.07, 6.45) is 7.83. The van der Waals surface area contributed by atoms with Gasteiger partial charge >= 0.3 is 5.97 Å². The minimum atomic E-state index is -0.643. The second kappa shape index (κ2) is 11.5. The summed E-state index contributed by atoms with van der Waals surface area (Å²) in [6, 6.07) is 10.3. The molecule has 0 radical (unpaired) electrons. The molecule has 0 aromatic heterocycles. The number of hydrogen-bond donors (Lipinski definition) is 1. The Hall–Kier alpha value is -1.57. The second-order valence-electron chi connectivity index (χ2n) is 4.50. The Morgan fingerprint density at radius 2 is 1.89 bits per heavy atom. The fourth-order valence-corrected chi connectivity index (χ4v) is 1.71. The topological polar surface area (TPSA) is 37.3 Å². The van der Waals surface area contributed by atoms with Crippen molar-refractivity contribution in [2.75, 3.05) is 0 Å².